The third-order valence-corrected chi connectivity index (χ3v) is 8.82. The molecule has 9 aromatic rings. The Hall–Kier alpha value is -6.44. The number of hydrogen-bond donors (Lipinski definition) is 0. The summed E-state index contributed by atoms with van der Waals surface area (Å²) >= 11 is 0. The zero-order valence-corrected chi connectivity index (χ0v) is 24.7. The first-order chi connectivity index (χ1) is 22.7. The van der Waals surface area contributed by atoms with Crippen LogP contribution in [0.15, 0.2) is 156 Å². The molecular formula is C42H25N3O. The zero-order valence-electron chi connectivity index (χ0n) is 24.7. The molecule has 0 spiro atoms. The first-order valence-electron chi connectivity index (χ1n) is 15.3. The first-order valence-corrected chi connectivity index (χ1v) is 15.3. The van der Waals surface area contributed by atoms with E-state index in [2.05, 4.69) is 114 Å². The van der Waals surface area contributed by atoms with Crippen LogP contribution in [0.4, 0.5) is 0 Å². The molecule has 3 heterocycles. The van der Waals surface area contributed by atoms with Crippen molar-refractivity contribution in [2.45, 2.75) is 0 Å². The highest BCUT2D eigenvalue weighted by atomic mass is 16.3. The number of furan rings is 1. The lowest BCUT2D eigenvalue weighted by Gasteiger charge is -2.14. The SMILES string of the molecule is N#Cc1ccc(-c2cccc(-c3cc(-c4ccc5oc6ccccc6c5c4)cc(-n4c5ccccc5c5ccccc54)c3)n2)cc1. The minimum absolute atomic E-state index is 0.630. The number of fused-ring (bicyclic) bond motifs is 6. The van der Waals surface area contributed by atoms with E-state index in [-0.39, 0.29) is 0 Å². The van der Waals surface area contributed by atoms with Crippen LogP contribution >= 0.6 is 0 Å². The molecule has 0 unspecified atom stereocenters. The molecule has 0 bridgehead atoms. The fourth-order valence-electron chi connectivity index (χ4n) is 6.63. The molecule has 9 rings (SSSR count). The molecule has 4 heteroatoms. The first kappa shape index (κ1) is 26.0. The van der Waals surface area contributed by atoms with Crippen LogP contribution in [-0.2, 0) is 0 Å². The molecule has 0 saturated carbocycles. The summed E-state index contributed by atoms with van der Waals surface area (Å²) in [6, 6.07) is 54.4. The Morgan fingerprint density at radius 1 is 0.478 bits per heavy atom. The van der Waals surface area contributed by atoms with Crippen molar-refractivity contribution >= 4 is 43.7 Å². The van der Waals surface area contributed by atoms with E-state index in [0.29, 0.717) is 5.56 Å². The van der Waals surface area contributed by atoms with Gasteiger partial charge in [-0.2, -0.15) is 5.26 Å². The van der Waals surface area contributed by atoms with Crippen LogP contribution in [0.3, 0.4) is 0 Å². The third kappa shape index (κ3) is 4.18. The molecule has 214 valence electrons. The van der Waals surface area contributed by atoms with Crippen molar-refractivity contribution in [3.05, 3.63) is 157 Å². The molecule has 0 radical (unpaired) electrons. The molecule has 0 N–H and O–H groups in total. The highest BCUT2D eigenvalue weighted by Gasteiger charge is 2.16. The van der Waals surface area contributed by atoms with Gasteiger partial charge >= 0.3 is 0 Å². The van der Waals surface area contributed by atoms with Gasteiger partial charge in [-0.15, -0.1) is 0 Å². The van der Waals surface area contributed by atoms with Crippen molar-refractivity contribution in [2.75, 3.05) is 0 Å². The predicted octanol–water partition coefficient (Wildman–Crippen LogP) is 11.0. The standard InChI is InChI=1S/C42H25N3O/c43-26-27-16-18-28(19-17-27)37-11-7-12-38(44-37)31-22-30(29-20-21-42-36(25-29)35-10-3-6-15-41(35)46-42)23-32(24-31)45-39-13-4-1-8-33(39)34-9-2-5-14-40(34)45/h1-25H. The molecule has 0 fully saturated rings. The highest BCUT2D eigenvalue weighted by molar-refractivity contribution is 6.09. The number of benzene rings is 6. The molecule has 3 aromatic heterocycles. The Morgan fingerprint density at radius 2 is 1.09 bits per heavy atom. The van der Waals surface area contributed by atoms with E-state index in [4.69, 9.17) is 9.40 Å². The average Bonchev–Trinajstić information content (AvgIpc) is 3.67. The van der Waals surface area contributed by atoms with E-state index in [9.17, 15) is 5.26 Å². The van der Waals surface area contributed by atoms with E-state index < -0.39 is 0 Å². The lowest BCUT2D eigenvalue weighted by Crippen LogP contribution is -1.97. The van der Waals surface area contributed by atoms with Crippen molar-refractivity contribution in [1.82, 2.24) is 9.55 Å². The van der Waals surface area contributed by atoms with E-state index in [1.54, 1.807) is 0 Å². The fourth-order valence-corrected chi connectivity index (χ4v) is 6.63. The van der Waals surface area contributed by atoms with Gasteiger partial charge in [0.2, 0.25) is 0 Å². The number of nitriles is 1. The number of para-hydroxylation sites is 3. The van der Waals surface area contributed by atoms with Gasteiger partial charge in [0.05, 0.1) is 34.1 Å². The second-order valence-electron chi connectivity index (χ2n) is 11.5. The maximum atomic E-state index is 9.27. The normalized spacial score (nSPS) is 11.5. The van der Waals surface area contributed by atoms with Crippen molar-refractivity contribution in [3.63, 3.8) is 0 Å². The Kier molecular flexibility index (Phi) is 5.84. The third-order valence-electron chi connectivity index (χ3n) is 8.82. The second-order valence-corrected chi connectivity index (χ2v) is 11.5. The minimum Gasteiger partial charge on any atom is -0.456 e. The Labute approximate surface area is 265 Å². The highest BCUT2D eigenvalue weighted by Crippen LogP contribution is 2.38. The molecule has 0 saturated heterocycles. The van der Waals surface area contributed by atoms with Crippen molar-refractivity contribution in [1.29, 1.82) is 5.26 Å². The Bertz CT molecular complexity index is 2600. The van der Waals surface area contributed by atoms with Crippen LogP contribution in [0, 0.1) is 11.3 Å². The quantitative estimate of drug-likeness (QED) is 0.206. The molecule has 4 nitrogen and oxygen atoms in total. The number of nitrogens with zero attached hydrogens (tertiary/aromatic N) is 3. The molecule has 0 aliphatic heterocycles. The van der Waals surface area contributed by atoms with Gasteiger partial charge in [0, 0.05) is 38.4 Å². The molecule has 0 aliphatic carbocycles. The summed E-state index contributed by atoms with van der Waals surface area (Å²) < 4.78 is 8.51. The molecular weight excluding hydrogens is 562 g/mol. The van der Waals surface area contributed by atoms with Gasteiger partial charge in [-0.1, -0.05) is 78.9 Å². The van der Waals surface area contributed by atoms with Crippen molar-refractivity contribution in [3.8, 4) is 45.4 Å². The van der Waals surface area contributed by atoms with Gasteiger partial charge in [-0.3, -0.25) is 0 Å². The summed E-state index contributed by atoms with van der Waals surface area (Å²) in [5.74, 6) is 0. The molecule has 0 aliphatic rings. The molecule has 0 atom stereocenters. The van der Waals surface area contributed by atoms with Crippen LogP contribution in [0.1, 0.15) is 5.56 Å². The van der Waals surface area contributed by atoms with Gasteiger partial charge in [0.25, 0.3) is 0 Å². The van der Waals surface area contributed by atoms with Gasteiger partial charge in [0.1, 0.15) is 11.2 Å². The maximum absolute atomic E-state index is 9.27. The Balaban J connectivity index is 1.29. The lowest BCUT2D eigenvalue weighted by atomic mass is 9.98. The second kappa shape index (κ2) is 10.3. The zero-order chi connectivity index (χ0) is 30.6. The van der Waals surface area contributed by atoms with Crippen LogP contribution in [0.5, 0.6) is 0 Å². The number of pyridine rings is 1. The lowest BCUT2D eigenvalue weighted by molar-refractivity contribution is 0.669. The van der Waals surface area contributed by atoms with Crippen molar-refractivity contribution in [2.24, 2.45) is 0 Å². The summed E-state index contributed by atoms with van der Waals surface area (Å²) in [4.78, 5) is 5.13. The minimum atomic E-state index is 0.630. The van der Waals surface area contributed by atoms with E-state index in [1.165, 1.54) is 10.8 Å². The summed E-state index contributed by atoms with van der Waals surface area (Å²) in [5, 5.41) is 13.9. The molecule has 6 aromatic carbocycles. The summed E-state index contributed by atoms with van der Waals surface area (Å²) in [6.45, 7) is 0. The monoisotopic (exact) mass is 587 g/mol. The van der Waals surface area contributed by atoms with Gasteiger partial charge in [-0.05, 0) is 83.9 Å². The van der Waals surface area contributed by atoms with Crippen LogP contribution in [0.2, 0.25) is 0 Å². The topological polar surface area (TPSA) is 54.8 Å². The number of hydrogen-bond acceptors (Lipinski definition) is 3. The molecule has 46 heavy (non-hydrogen) atoms. The summed E-state index contributed by atoms with van der Waals surface area (Å²) in [6.07, 6.45) is 0. The largest absolute Gasteiger partial charge is 0.456 e. The van der Waals surface area contributed by atoms with Crippen molar-refractivity contribution < 1.29 is 4.42 Å². The molecule has 0 amide bonds. The van der Waals surface area contributed by atoms with Crippen LogP contribution in [0.25, 0.3) is 83.1 Å². The number of rotatable bonds is 4. The van der Waals surface area contributed by atoms with E-state index >= 15 is 0 Å². The fraction of sp³-hybridized carbons (Fsp3) is 0. The predicted molar refractivity (Wildman–Crippen MR) is 187 cm³/mol. The maximum Gasteiger partial charge on any atom is 0.135 e. The van der Waals surface area contributed by atoms with Gasteiger partial charge in [-0.25, -0.2) is 4.98 Å². The number of aromatic nitrogens is 2. The van der Waals surface area contributed by atoms with E-state index in [0.717, 1.165) is 72.3 Å². The Morgan fingerprint density at radius 3 is 1.83 bits per heavy atom. The smallest absolute Gasteiger partial charge is 0.135 e. The van der Waals surface area contributed by atoms with E-state index in [1.807, 2.05) is 48.5 Å². The van der Waals surface area contributed by atoms with Crippen LogP contribution < -0.4 is 0 Å². The average molecular weight is 588 g/mol. The van der Waals surface area contributed by atoms with Gasteiger partial charge in [0.15, 0.2) is 0 Å². The summed E-state index contributed by atoms with van der Waals surface area (Å²) in [5.41, 5.74) is 11.7. The van der Waals surface area contributed by atoms with Gasteiger partial charge < -0.3 is 8.98 Å². The van der Waals surface area contributed by atoms with Crippen LogP contribution in [-0.4, -0.2) is 9.55 Å². The summed E-state index contributed by atoms with van der Waals surface area (Å²) in [7, 11) is 0.